The summed E-state index contributed by atoms with van der Waals surface area (Å²) in [5.74, 6) is 5.35. The van der Waals surface area contributed by atoms with E-state index in [-0.39, 0.29) is 12.6 Å². The van der Waals surface area contributed by atoms with Crippen LogP contribution < -0.4 is 10.6 Å². The number of hydrogen-bond acceptors (Lipinski definition) is 2. The maximum Gasteiger partial charge on any atom is 0.323 e. The Morgan fingerprint density at radius 3 is 2.45 bits per heavy atom. The minimum Gasteiger partial charge on any atom is -0.384 e. The molecule has 20 heavy (non-hydrogen) atoms. The topological polar surface area (TPSA) is 61.4 Å². The lowest BCUT2D eigenvalue weighted by atomic mass is 10.2. The zero-order valence-electron chi connectivity index (χ0n) is 10.8. The number of amides is 2. The number of nitrogens with one attached hydrogen (secondary N) is 2. The summed E-state index contributed by atoms with van der Waals surface area (Å²) in [7, 11) is 0. The van der Waals surface area contributed by atoms with Crippen LogP contribution in [0.25, 0.3) is 0 Å². The number of benzene rings is 2. The van der Waals surface area contributed by atoms with Gasteiger partial charge in [-0.05, 0) is 24.3 Å². The van der Waals surface area contributed by atoms with Crippen molar-refractivity contribution in [2.24, 2.45) is 0 Å². The molecule has 0 heterocycles. The van der Waals surface area contributed by atoms with Gasteiger partial charge in [0.2, 0.25) is 0 Å². The van der Waals surface area contributed by atoms with Gasteiger partial charge in [-0.2, -0.15) is 0 Å². The molecule has 0 radical (unpaired) electrons. The van der Waals surface area contributed by atoms with Crippen LogP contribution in [0.2, 0.25) is 0 Å². The van der Waals surface area contributed by atoms with Crippen LogP contribution in [0.4, 0.5) is 16.2 Å². The van der Waals surface area contributed by atoms with Crippen LogP contribution in [0.5, 0.6) is 0 Å². The fourth-order valence-electron chi connectivity index (χ4n) is 1.64. The summed E-state index contributed by atoms with van der Waals surface area (Å²) in [6.45, 7) is -0.218. The van der Waals surface area contributed by atoms with E-state index in [1.165, 1.54) is 0 Å². The molecule has 0 spiro atoms. The molecule has 2 rings (SSSR count). The number of urea groups is 1. The molecule has 4 heteroatoms. The Bertz CT molecular complexity index is 642. The predicted octanol–water partition coefficient (Wildman–Crippen LogP) is 2.67. The van der Waals surface area contributed by atoms with Crippen molar-refractivity contribution in [3.8, 4) is 11.8 Å². The first-order chi connectivity index (χ1) is 9.79. The Balaban J connectivity index is 2.08. The van der Waals surface area contributed by atoms with Crippen molar-refractivity contribution >= 4 is 17.4 Å². The summed E-state index contributed by atoms with van der Waals surface area (Å²) >= 11 is 0. The van der Waals surface area contributed by atoms with Crippen LogP contribution in [0.1, 0.15) is 5.56 Å². The largest absolute Gasteiger partial charge is 0.384 e. The molecular weight excluding hydrogens is 252 g/mol. The molecule has 2 aromatic rings. The van der Waals surface area contributed by atoms with Gasteiger partial charge in [0.05, 0.1) is 5.69 Å². The average molecular weight is 266 g/mol. The first kappa shape index (κ1) is 13.7. The Morgan fingerprint density at radius 1 is 1.00 bits per heavy atom. The number of carbonyl (C=O) groups is 1. The van der Waals surface area contributed by atoms with E-state index in [0.29, 0.717) is 16.9 Å². The minimum absolute atomic E-state index is 0.218. The van der Waals surface area contributed by atoms with E-state index >= 15 is 0 Å². The Kier molecular flexibility index (Phi) is 4.76. The number of para-hydroxylation sites is 2. The van der Waals surface area contributed by atoms with Gasteiger partial charge in [0, 0.05) is 11.3 Å². The molecule has 0 atom stereocenters. The highest BCUT2D eigenvalue weighted by atomic mass is 16.2. The molecule has 0 aliphatic rings. The van der Waals surface area contributed by atoms with E-state index < -0.39 is 0 Å². The standard InChI is InChI=1S/C16H14N2O2/c19-12-6-8-13-7-4-5-11-15(13)18-16(20)17-14-9-2-1-3-10-14/h1-5,7,9-11,19H,12H2,(H2,17,18,20). The molecule has 4 nitrogen and oxygen atoms in total. The van der Waals surface area contributed by atoms with Crippen LogP contribution in [0.3, 0.4) is 0 Å². The Morgan fingerprint density at radius 2 is 1.70 bits per heavy atom. The van der Waals surface area contributed by atoms with E-state index in [1.54, 1.807) is 24.3 Å². The quantitative estimate of drug-likeness (QED) is 0.732. The molecule has 0 aliphatic heterocycles. The highest BCUT2D eigenvalue weighted by Gasteiger charge is 2.04. The summed E-state index contributed by atoms with van der Waals surface area (Å²) in [5.41, 5.74) is 1.97. The van der Waals surface area contributed by atoms with Gasteiger partial charge in [0.1, 0.15) is 6.61 Å². The molecule has 0 unspecified atom stereocenters. The van der Waals surface area contributed by atoms with Gasteiger partial charge in [-0.15, -0.1) is 0 Å². The second-order valence-electron chi connectivity index (χ2n) is 3.95. The van der Waals surface area contributed by atoms with Crippen molar-refractivity contribution in [2.45, 2.75) is 0 Å². The van der Waals surface area contributed by atoms with E-state index in [4.69, 9.17) is 5.11 Å². The maximum absolute atomic E-state index is 11.9. The van der Waals surface area contributed by atoms with Gasteiger partial charge in [0.15, 0.2) is 0 Å². The molecule has 0 bridgehead atoms. The normalized spacial score (nSPS) is 9.25. The first-order valence-electron chi connectivity index (χ1n) is 6.11. The van der Waals surface area contributed by atoms with Crippen LogP contribution in [0, 0.1) is 11.8 Å². The van der Waals surface area contributed by atoms with Gasteiger partial charge >= 0.3 is 6.03 Å². The molecule has 0 aromatic heterocycles. The van der Waals surface area contributed by atoms with Gasteiger partial charge in [-0.1, -0.05) is 42.2 Å². The lowest BCUT2D eigenvalue weighted by Gasteiger charge is -2.09. The molecule has 0 fully saturated rings. The van der Waals surface area contributed by atoms with Gasteiger partial charge < -0.3 is 15.7 Å². The number of hydrogen-bond donors (Lipinski definition) is 3. The summed E-state index contributed by atoms with van der Waals surface area (Å²) < 4.78 is 0. The number of carbonyl (C=O) groups excluding carboxylic acids is 1. The fourth-order valence-corrected chi connectivity index (χ4v) is 1.64. The third-order valence-electron chi connectivity index (χ3n) is 2.51. The molecule has 2 amide bonds. The minimum atomic E-state index is -0.338. The monoisotopic (exact) mass is 266 g/mol. The van der Waals surface area contributed by atoms with Crippen molar-refractivity contribution in [1.82, 2.24) is 0 Å². The van der Waals surface area contributed by atoms with Gasteiger partial charge in [-0.25, -0.2) is 4.79 Å². The second kappa shape index (κ2) is 6.98. The zero-order chi connectivity index (χ0) is 14.2. The van der Waals surface area contributed by atoms with Crippen LogP contribution >= 0.6 is 0 Å². The maximum atomic E-state index is 11.9. The van der Waals surface area contributed by atoms with Crippen molar-refractivity contribution in [1.29, 1.82) is 0 Å². The smallest absolute Gasteiger partial charge is 0.323 e. The third kappa shape index (κ3) is 3.87. The molecule has 0 saturated carbocycles. The summed E-state index contributed by atoms with van der Waals surface area (Å²) in [4.78, 5) is 11.9. The highest BCUT2D eigenvalue weighted by Crippen LogP contribution is 2.14. The number of aliphatic hydroxyl groups is 1. The molecule has 3 N–H and O–H groups in total. The fraction of sp³-hybridized carbons (Fsp3) is 0.0625. The summed E-state index contributed by atoms with van der Waals surface area (Å²) in [5, 5.41) is 14.2. The lowest BCUT2D eigenvalue weighted by molar-refractivity contribution is 0.262. The van der Waals surface area contributed by atoms with Gasteiger partial charge in [0.25, 0.3) is 0 Å². The van der Waals surface area contributed by atoms with Crippen molar-refractivity contribution < 1.29 is 9.90 Å². The molecule has 0 aliphatic carbocycles. The Labute approximate surface area is 117 Å². The number of anilines is 2. The first-order valence-corrected chi connectivity index (χ1v) is 6.11. The van der Waals surface area contributed by atoms with E-state index in [2.05, 4.69) is 22.5 Å². The van der Waals surface area contributed by atoms with E-state index in [0.717, 1.165) is 0 Å². The summed E-state index contributed by atoms with van der Waals surface area (Å²) in [6, 6.07) is 16.0. The Hall–Kier alpha value is -2.77. The van der Waals surface area contributed by atoms with Crippen molar-refractivity contribution in [2.75, 3.05) is 17.2 Å². The number of rotatable bonds is 2. The van der Waals surface area contributed by atoms with E-state index in [9.17, 15) is 4.79 Å². The molecule has 0 saturated heterocycles. The van der Waals surface area contributed by atoms with Crippen LogP contribution in [-0.2, 0) is 0 Å². The molecule has 100 valence electrons. The SMILES string of the molecule is O=C(Nc1ccccc1)Nc1ccccc1C#CCO. The third-order valence-corrected chi connectivity index (χ3v) is 2.51. The zero-order valence-corrected chi connectivity index (χ0v) is 10.8. The predicted molar refractivity (Wildman–Crippen MR) is 79.5 cm³/mol. The van der Waals surface area contributed by atoms with Crippen LogP contribution in [-0.4, -0.2) is 17.7 Å². The summed E-state index contributed by atoms with van der Waals surface area (Å²) in [6.07, 6.45) is 0. The second-order valence-corrected chi connectivity index (χ2v) is 3.95. The molecular formula is C16H14N2O2. The lowest BCUT2D eigenvalue weighted by Crippen LogP contribution is -2.19. The van der Waals surface area contributed by atoms with Gasteiger partial charge in [-0.3, -0.25) is 0 Å². The van der Waals surface area contributed by atoms with E-state index in [1.807, 2.05) is 30.3 Å². The van der Waals surface area contributed by atoms with Crippen molar-refractivity contribution in [3.63, 3.8) is 0 Å². The average Bonchev–Trinajstić information content (AvgIpc) is 2.47. The number of aliphatic hydroxyl groups excluding tert-OH is 1. The van der Waals surface area contributed by atoms with Crippen molar-refractivity contribution in [3.05, 3.63) is 60.2 Å². The highest BCUT2D eigenvalue weighted by molar-refractivity contribution is 6.00. The van der Waals surface area contributed by atoms with Crippen LogP contribution in [0.15, 0.2) is 54.6 Å². The molecule has 2 aromatic carbocycles.